The third-order valence-corrected chi connectivity index (χ3v) is 2.59. The Morgan fingerprint density at radius 1 is 1.50 bits per heavy atom. The third-order valence-electron chi connectivity index (χ3n) is 1.64. The predicted molar refractivity (Wildman–Crippen MR) is 59.7 cm³/mol. The van der Waals surface area contributed by atoms with E-state index in [1.165, 1.54) is 0 Å². The number of ether oxygens (including phenoxy) is 1. The van der Waals surface area contributed by atoms with Crippen molar-refractivity contribution in [3.63, 3.8) is 0 Å². The molecule has 0 fully saturated rings. The van der Waals surface area contributed by atoms with Gasteiger partial charge in [-0.2, -0.15) is 0 Å². The van der Waals surface area contributed by atoms with Gasteiger partial charge >= 0.3 is 0 Å². The minimum atomic E-state index is -0.998. The van der Waals surface area contributed by atoms with E-state index in [4.69, 9.17) is 16.3 Å². The summed E-state index contributed by atoms with van der Waals surface area (Å²) in [7, 11) is 0. The van der Waals surface area contributed by atoms with Crippen LogP contribution in [0.15, 0.2) is 28.7 Å². The molecule has 0 unspecified atom stereocenters. The molecule has 4 heteroatoms. The number of benzene rings is 1. The molecule has 0 aliphatic heterocycles. The Hall–Kier alpha value is -0.540. The van der Waals surface area contributed by atoms with Gasteiger partial charge in [-0.15, -0.1) is 0 Å². The lowest BCUT2D eigenvalue weighted by Crippen LogP contribution is -2.34. The molecule has 2 nitrogen and oxygen atoms in total. The average Bonchev–Trinajstić information content (AvgIpc) is 2.02. The Kier molecular flexibility index (Phi) is 3.56. The smallest absolute Gasteiger partial charge is 0.264 e. The van der Waals surface area contributed by atoms with Crippen molar-refractivity contribution in [2.75, 3.05) is 0 Å². The maximum Gasteiger partial charge on any atom is 0.264 e. The summed E-state index contributed by atoms with van der Waals surface area (Å²) in [4.78, 5) is 11.0. The van der Waals surface area contributed by atoms with Crippen LogP contribution in [0.3, 0.4) is 0 Å². The predicted octanol–water partition coefficient (Wildman–Crippen LogP) is 3.37. The zero-order valence-electron chi connectivity index (χ0n) is 7.88. The molecule has 1 aromatic carbocycles. The SMILES string of the molecule is CC(C)(Oc1cccc(Br)c1)C(=O)Cl. The number of carbonyl (C=O) groups excluding carboxylic acids is 1. The molecule has 0 atom stereocenters. The monoisotopic (exact) mass is 276 g/mol. The minimum Gasteiger partial charge on any atom is -0.479 e. The first-order valence-corrected chi connectivity index (χ1v) is 5.23. The first-order valence-electron chi connectivity index (χ1n) is 4.06. The summed E-state index contributed by atoms with van der Waals surface area (Å²) >= 11 is 8.69. The minimum absolute atomic E-state index is 0.516. The molecule has 76 valence electrons. The fourth-order valence-electron chi connectivity index (χ4n) is 0.865. The molecular formula is C10H10BrClO2. The molecule has 0 heterocycles. The standard InChI is InChI=1S/C10H10BrClO2/c1-10(2,9(12)13)14-8-5-3-4-7(11)6-8/h3-6H,1-2H3. The van der Waals surface area contributed by atoms with E-state index in [1.807, 2.05) is 12.1 Å². The van der Waals surface area contributed by atoms with Gasteiger partial charge in [-0.1, -0.05) is 22.0 Å². The van der Waals surface area contributed by atoms with Gasteiger partial charge in [0.15, 0.2) is 5.60 Å². The van der Waals surface area contributed by atoms with E-state index >= 15 is 0 Å². The number of carbonyl (C=O) groups is 1. The molecule has 0 amide bonds. The van der Waals surface area contributed by atoms with Gasteiger partial charge < -0.3 is 4.74 Å². The molecule has 0 bridgehead atoms. The molecule has 0 aliphatic rings. The van der Waals surface area contributed by atoms with Gasteiger partial charge in [0, 0.05) is 4.47 Å². The van der Waals surface area contributed by atoms with Gasteiger partial charge in [-0.3, -0.25) is 4.79 Å². The quantitative estimate of drug-likeness (QED) is 0.792. The summed E-state index contributed by atoms with van der Waals surface area (Å²) in [5.41, 5.74) is -0.998. The topological polar surface area (TPSA) is 26.3 Å². The maximum atomic E-state index is 11.0. The Balaban J connectivity index is 2.83. The molecule has 0 N–H and O–H groups in total. The first-order chi connectivity index (χ1) is 6.42. The normalized spacial score (nSPS) is 11.1. The largest absolute Gasteiger partial charge is 0.479 e. The van der Waals surface area contributed by atoms with Crippen LogP contribution in [0, 0.1) is 0 Å². The second-order valence-corrected chi connectivity index (χ2v) is 4.60. The van der Waals surface area contributed by atoms with E-state index in [-0.39, 0.29) is 0 Å². The Morgan fingerprint density at radius 3 is 2.64 bits per heavy atom. The Morgan fingerprint density at radius 2 is 2.14 bits per heavy atom. The molecule has 1 rings (SSSR count). The van der Waals surface area contributed by atoms with E-state index in [0.29, 0.717) is 5.75 Å². The van der Waals surface area contributed by atoms with E-state index in [9.17, 15) is 4.79 Å². The summed E-state index contributed by atoms with van der Waals surface area (Å²) in [6, 6.07) is 7.25. The van der Waals surface area contributed by atoms with Gasteiger partial charge in [0.2, 0.25) is 0 Å². The van der Waals surface area contributed by atoms with Gasteiger partial charge in [-0.05, 0) is 43.6 Å². The summed E-state index contributed by atoms with van der Waals surface area (Å²) in [5, 5.41) is -0.516. The van der Waals surface area contributed by atoms with Crippen LogP contribution in [0.4, 0.5) is 0 Å². The highest BCUT2D eigenvalue weighted by Crippen LogP contribution is 2.23. The molecule has 0 saturated heterocycles. The van der Waals surface area contributed by atoms with Crippen molar-refractivity contribution in [3.8, 4) is 5.75 Å². The fourth-order valence-corrected chi connectivity index (χ4v) is 1.28. The van der Waals surface area contributed by atoms with Crippen molar-refractivity contribution in [3.05, 3.63) is 28.7 Å². The first kappa shape index (κ1) is 11.5. The van der Waals surface area contributed by atoms with Crippen LogP contribution in [-0.4, -0.2) is 10.8 Å². The summed E-state index contributed by atoms with van der Waals surface area (Å²) in [6.45, 7) is 3.26. The summed E-state index contributed by atoms with van der Waals surface area (Å²) in [5.74, 6) is 0.610. The molecule has 0 radical (unpaired) electrons. The van der Waals surface area contributed by atoms with Gasteiger partial charge in [0.1, 0.15) is 5.75 Å². The van der Waals surface area contributed by atoms with Crippen molar-refractivity contribution >= 4 is 32.8 Å². The lowest BCUT2D eigenvalue weighted by Gasteiger charge is -2.21. The van der Waals surface area contributed by atoms with E-state index in [1.54, 1.807) is 26.0 Å². The summed E-state index contributed by atoms with van der Waals surface area (Å²) < 4.78 is 6.33. The lowest BCUT2D eigenvalue weighted by atomic mass is 10.1. The average molecular weight is 278 g/mol. The van der Waals surface area contributed by atoms with E-state index in [0.717, 1.165) is 4.47 Å². The molecule has 0 aliphatic carbocycles. The van der Waals surface area contributed by atoms with Crippen LogP contribution in [-0.2, 0) is 4.79 Å². The number of hydrogen-bond donors (Lipinski definition) is 0. The van der Waals surface area contributed by atoms with Crippen molar-refractivity contribution < 1.29 is 9.53 Å². The van der Waals surface area contributed by atoms with Crippen molar-refractivity contribution in [2.24, 2.45) is 0 Å². The highest BCUT2D eigenvalue weighted by atomic mass is 79.9. The highest BCUT2D eigenvalue weighted by molar-refractivity contribution is 9.10. The van der Waals surface area contributed by atoms with Crippen molar-refractivity contribution in [1.82, 2.24) is 0 Å². The van der Waals surface area contributed by atoms with Crippen molar-refractivity contribution in [2.45, 2.75) is 19.4 Å². The summed E-state index contributed by atoms with van der Waals surface area (Å²) in [6.07, 6.45) is 0. The van der Waals surface area contributed by atoms with Crippen LogP contribution in [0.1, 0.15) is 13.8 Å². The van der Waals surface area contributed by atoms with Crippen LogP contribution < -0.4 is 4.74 Å². The van der Waals surface area contributed by atoms with Crippen LogP contribution in [0.2, 0.25) is 0 Å². The molecule has 1 aromatic rings. The zero-order chi connectivity index (χ0) is 10.8. The van der Waals surface area contributed by atoms with Crippen molar-refractivity contribution in [1.29, 1.82) is 0 Å². The zero-order valence-corrected chi connectivity index (χ0v) is 10.2. The van der Waals surface area contributed by atoms with Gasteiger partial charge in [-0.25, -0.2) is 0 Å². The van der Waals surface area contributed by atoms with Crippen LogP contribution in [0.25, 0.3) is 0 Å². The van der Waals surface area contributed by atoms with Gasteiger partial charge in [0.25, 0.3) is 5.24 Å². The Labute approximate surface area is 96.3 Å². The number of halogens is 2. The molecule has 0 spiro atoms. The molecular weight excluding hydrogens is 267 g/mol. The van der Waals surface area contributed by atoms with E-state index < -0.39 is 10.8 Å². The second-order valence-electron chi connectivity index (χ2n) is 3.34. The number of hydrogen-bond acceptors (Lipinski definition) is 2. The number of rotatable bonds is 3. The Bertz CT molecular complexity index is 350. The highest BCUT2D eigenvalue weighted by Gasteiger charge is 2.27. The molecule has 0 aromatic heterocycles. The third kappa shape index (κ3) is 3.00. The molecule has 0 saturated carbocycles. The van der Waals surface area contributed by atoms with Gasteiger partial charge in [0.05, 0.1) is 0 Å². The van der Waals surface area contributed by atoms with E-state index in [2.05, 4.69) is 15.9 Å². The maximum absolute atomic E-state index is 11.0. The fraction of sp³-hybridized carbons (Fsp3) is 0.300. The second kappa shape index (κ2) is 4.32. The van der Waals surface area contributed by atoms with Crippen LogP contribution in [0.5, 0.6) is 5.75 Å². The lowest BCUT2D eigenvalue weighted by molar-refractivity contribution is -0.123. The molecule has 14 heavy (non-hydrogen) atoms. The van der Waals surface area contributed by atoms with Crippen LogP contribution >= 0.6 is 27.5 Å².